The summed E-state index contributed by atoms with van der Waals surface area (Å²) in [5.74, 6) is 0.0396. The molecule has 28 heavy (non-hydrogen) atoms. The summed E-state index contributed by atoms with van der Waals surface area (Å²) >= 11 is 0. The fourth-order valence-corrected chi connectivity index (χ4v) is 3.40. The molecule has 1 aromatic heterocycles. The minimum Gasteiger partial charge on any atom is -0.475 e. The first kappa shape index (κ1) is 19.9. The maximum absolute atomic E-state index is 12.7. The highest BCUT2D eigenvalue weighted by molar-refractivity contribution is 6.00. The van der Waals surface area contributed by atoms with Crippen LogP contribution in [0.3, 0.4) is 0 Å². The third-order valence-corrected chi connectivity index (χ3v) is 4.81. The summed E-state index contributed by atoms with van der Waals surface area (Å²) in [5.41, 5.74) is 2.84. The van der Waals surface area contributed by atoms with Crippen LogP contribution >= 0.6 is 0 Å². The van der Waals surface area contributed by atoms with Gasteiger partial charge in [-0.25, -0.2) is 4.98 Å². The fourth-order valence-electron chi connectivity index (χ4n) is 3.40. The van der Waals surface area contributed by atoms with Crippen molar-refractivity contribution in [1.29, 1.82) is 0 Å². The summed E-state index contributed by atoms with van der Waals surface area (Å²) in [7, 11) is 0. The Bertz CT molecular complexity index is 850. The molecule has 3 rings (SSSR count). The highest BCUT2D eigenvalue weighted by Gasteiger charge is 2.35. The maximum atomic E-state index is 12.7. The number of hydrogen-bond acceptors (Lipinski definition) is 4. The van der Waals surface area contributed by atoms with Crippen molar-refractivity contribution in [3.05, 3.63) is 53.7 Å². The van der Waals surface area contributed by atoms with E-state index in [1.54, 1.807) is 11.1 Å². The second-order valence-corrected chi connectivity index (χ2v) is 7.24. The van der Waals surface area contributed by atoms with E-state index < -0.39 is 0 Å². The Morgan fingerprint density at radius 2 is 2.00 bits per heavy atom. The number of carbonyl (C=O) groups excluding carboxylic acids is 2. The molecule has 0 spiro atoms. The zero-order valence-corrected chi connectivity index (χ0v) is 16.6. The van der Waals surface area contributed by atoms with Crippen molar-refractivity contribution in [3.63, 3.8) is 0 Å². The molecule has 2 heterocycles. The zero-order valence-electron chi connectivity index (χ0n) is 16.6. The van der Waals surface area contributed by atoms with Crippen molar-refractivity contribution in [1.82, 2.24) is 10.3 Å². The van der Waals surface area contributed by atoms with Gasteiger partial charge in [-0.2, -0.15) is 0 Å². The van der Waals surface area contributed by atoms with E-state index in [1.807, 2.05) is 50.2 Å². The number of aromatic nitrogens is 1. The lowest BCUT2D eigenvalue weighted by Gasteiger charge is -2.20. The van der Waals surface area contributed by atoms with Crippen molar-refractivity contribution < 1.29 is 14.3 Å². The summed E-state index contributed by atoms with van der Waals surface area (Å²) in [6, 6.07) is 11.6. The molecule has 2 aromatic rings. The van der Waals surface area contributed by atoms with E-state index >= 15 is 0 Å². The van der Waals surface area contributed by atoms with Crippen LogP contribution in [-0.2, 0) is 22.6 Å². The molecule has 0 bridgehead atoms. The SMILES string of the molecule is CCc1ccccc1N1C[C@H](C(=O)NCc2cccnc2OC(C)C)CC1=O. The number of nitrogens with zero attached hydrogens (tertiary/aromatic N) is 2. The molecule has 1 atom stereocenters. The topological polar surface area (TPSA) is 71.5 Å². The van der Waals surface area contributed by atoms with Gasteiger partial charge in [-0.15, -0.1) is 0 Å². The number of pyridine rings is 1. The molecular formula is C22H27N3O3. The Morgan fingerprint density at radius 3 is 2.75 bits per heavy atom. The van der Waals surface area contributed by atoms with E-state index in [9.17, 15) is 9.59 Å². The van der Waals surface area contributed by atoms with Crippen LogP contribution in [0.2, 0.25) is 0 Å². The summed E-state index contributed by atoms with van der Waals surface area (Å²) in [6.45, 7) is 6.66. The van der Waals surface area contributed by atoms with Crippen LogP contribution in [0.15, 0.2) is 42.6 Å². The fraction of sp³-hybridized carbons (Fsp3) is 0.409. The molecule has 1 aliphatic heterocycles. The average Bonchev–Trinajstić information content (AvgIpc) is 3.08. The van der Waals surface area contributed by atoms with Crippen LogP contribution in [-0.4, -0.2) is 29.4 Å². The molecule has 148 valence electrons. The Labute approximate surface area is 165 Å². The van der Waals surface area contributed by atoms with Gasteiger partial charge in [-0.1, -0.05) is 31.2 Å². The first-order valence-corrected chi connectivity index (χ1v) is 9.76. The molecule has 0 saturated carbocycles. The van der Waals surface area contributed by atoms with Gasteiger partial charge in [0.1, 0.15) is 0 Å². The van der Waals surface area contributed by atoms with Gasteiger partial charge in [0.05, 0.1) is 12.0 Å². The number of hydrogen-bond donors (Lipinski definition) is 1. The average molecular weight is 381 g/mol. The monoisotopic (exact) mass is 381 g/mol. The molecule has 1 saturated heterocycles. The lowest BCUT2D eigenvalue weighted by Crippen LogP contribution is -2.33. The molecule has 1 aromatic carbocycles. The predicted octanol–water partition coefficient (Wildman–Crippen LogP) is 3.10. The minimum atomic E-state index is -0.358. The Hall–Kier alpha value is -2.89. The van der Waals surface area contributed by atoms with Gasteiger partial charge in [0.2, 0.25) is 17.7 Å². The van der Waals surface area contributed by atoms with E-state index in [1.165, 1.54) is 0 Å². The van der Waals surface area contributed by atoms with E-state index in [0.717, 1.165) is 23.2 Å². The Morgan fingerprint density at radius 1 is 1.25 bits per heavy atom. The van der Waals surface area contributed by atoms with E-state index in [2.05, 4.69) is 17.2 Å². The molecule has 0 aliphatic carbocycles. The van der Waals surface area contributed by atoms with Gasteiger partial charge in [-0.05, 0) is 38.0 Å². The highest BCUT2D eigenvalue weighted by Crippen LogP contribution is 2.28. The third kappa shape index (κ3) is 4.50. The van der Waals surface area contributed by atoms with Crippen molar-refractivity contribution in [2.75, 3.05) is 11.4 Å². The van der Waals surface area contributed by atoms with Gasteiger partial charge in [0, 0.05) is 37.0 Å². The quantitative estimate of drug-likeness (QED) is 0.800. The lowest BCUT2D eigenvalue weighted by molar-refractivity contribution is -0.126. The van der Waals surface area contributed by atoms with Gasteiger partial charge in [-0.3, -0.25) is 9.59 Å². The zero-order chi connectivity index (χ0) is 20.1. The number of nitrogens with one attached hydrogen (secondary N) is 1. The second kappa shape index (κ2) is 8.87. The van der Waals surface area contributed by atoms with Crippen LogP contribution in [0.4, 0.5) is 5.69 Å². The number of amides is 2. The van der Waals surface area contributed by atoms with Crippen LogP contribution < -0.4 is 15.0 Å². The summed E-state index contributed by atoms with van der Waals surface area (Å²) in [5, 5.41) is 2.94. The van der Waals surface area contributed by atoms with E-state index in [4.69, 9.17) is 4.74 Å². The van der Waals surface area contributed by atoms with Crippen molar-refractivity contribution in [2.45, 2.75) is 46.3 Å². The van der Waals surface area contributed by atoms with Crippen LogP contribution in [0.5, 0.6) is 5.88 Å². The molecule has 1 fully saturated rings. The Balaban J connectivity index is 1.64. The summed E-state index contributed by atoms with van der Waals surface area (Å²) < 4.78 is 5.70. The first-order valence-electron chi connectivity index (χ1n) is 9.76. The lowest BCUT2D eigenvalue weighted by atomic mass is 10.1. The summed E-state index contributed by atoms with van der Waals surface area (Å²) in [6.07, 6.45) is 2.74. The highest BCUT2D eigenvalue weighted by atomic mass is 16.5. The molecule has 6 heteroatoms. The number of aryl methyl sites for hydroxylation is 1. The van der Waals surface area contributed by atoms with Gasteiger partial charge in [0.15, 0.2) is 0 Å². The molecule has 1 N–H and O–H groups in total. The number of para-hydroxylation sites is 1. The van der Waals surface area contributed by atoms with Gasteiger partial charge < -0.3 is 15.0 Å². The predicted molar refractivity (Wildman–Crippen MR) is 108 cm³/mol. The maximum Gasteiger partial charge on any atom is 0.227 e. The largest absolute Gasteiger partial charge is 0.475 e. The smallest absolute Gasteiger partial charge is 0.227 e. The van der Waals surface area contributed by atoms with E-state index in [-0.39, 0.29) is 30.3 Å². The standard InChI is InChI=1S/C22H27N3O3/c1-4-16-8-5-6-10-19(16)25-14-18(12-20(25)26)21(27)24-13-17-9-7-11-23-22(17)28-15(2)3/h5-11,15,18H,4,12-14H2,1-3H3,(H,24,27)/t18-/m1/s1. The third-order valence-electron chi connectivity index (χ3n) is 4.81. The molecule has 0 radical (unpaired) electrons. The number of ether oxygens (including phenoxy) is 1. The van der Waals surface area contributed by atoms with Gasteiger partial charge in [0.25, 0.3) is 0 Å². The molecule has 2 amide bonds. The van der Waals surface area contributed by atoms with Crippen LogP contribution in [0.25, 0.3) is 0 Å². The second-order valence-electron chi connectivity index (χ2n) is 7.24. The number of carbonyl (C=O) groups is 2. The Kier molecular flexibility index (Phi) is 6.29. The summed E-state index contributed by atoms with van der Waals surface area (Å²) in [4.78, 5) is 31.2. The molecule has 1 aliphatic rings. The van der Waals surface area contributed by atoms with E-state index in [0.29, 0.717) is 19.0 Å². The van der Waals surface area contributed by atoms with Crippen molar-refractivity contribution in [3.8, 4) is 5.88 Å². The molecule has 0 unspecified atom stereocenters. The van der Waals surface area contributed by atoms with Crippen molar-refractivity contribution >= 4 is 17.5 Å². The number of anilines is 1. The van der Waals surface area contributed by atoms with Crippen LogP contribution in [0, 0.1) is 5.92 Å². The minimum absolute atomic E-state index is 0.00370. The van der Waals surface area contributed by atoms with Crippen LogP contribution in [0.1, 0.15) is 38.3 Å². The number of benzene rings is 1. The molecular weight excluding hydrogens is 354 g/mol. The van der Waals surface area contributed by atoms with Crippen molar-refractivity contribution in [2.24, 2.45) is 5.92 Å². The normalized spacial score (nSPS) is 16.5. The molecule has 6 nitrogen and oxygen atoms in total. The van der Waals surface area contributed by atoms with Gasteiger partial charge >= 0.3 is 0 Å². The number of rotatable bonds is 7. The first-order chi connectivity index (χ1) is 13.5.